The molecule has 1 aromatic rings. The van der Waals surface area contributed by atoms with E-state index in [4.69, 9.17) is 5.11 Å². The van der Waals surface area contributed by atoms with Gasteiger partial charge in [0.05, 0.1) is 11.8 Å². The summed E-state index contributed by atoms with van der Waals surface area (Å²) >= 11 is 0. The summed E-state index contributed by atoms with van der Waals surface area (Å²) in [6.45, 7) is 3.72. The Balaban J connectivity index is 2.11. The van der Waals surface area contributed by atoms with E-state index in [0.29, 0.717) is 0 Å². The lowest BCUT2D eigenvalue weighted by atomic mass is 10.2. The number of likely N-dealkylation sites (tertiary alicyclic amines) is 1. The molecule has 2 atom stereocenters. The van der Waals surface area contributed by atoms with Crippen LogP contribution in [-0.4, -0.2) is 55.5 Å². The number of hydrogen-bond donors (Lipinski definition) is 2. The van der Waals surface area contributed by atoms with Gasteiger partial charge in [-0.15, -0.1) is 0 Å². The number of carboxylic acid groups (broad SMARTS) is 1. The molecule has 7 heteroatoms. The number of aliphatic hydroxyl groups excluding tert-OH is 1. The van der Waals surface area contributed by atoms with Gasteiger partial charge in [-0.3, -0.25) is 9.48 Å². The van der Waals surface area contributed by atoms with E-state index in [1.54, 1.807) is 4.68 Å². The molecule has 1 aromatic heterocycles. The molecule has 7 nitrogen and oxygen atoms in total. The van der Waals surface area contributed by atoms with Crippen molar-refractivity contribution in [1.82, 2.24) is 14.7 Å². The van der Waals surface area contributed by atoms with Crippen molar-refractivity contribution < 1.29 is 19.8 Å². The van der Waals surface area contributed by atoms with Crippen LogP contribution in [0.5, 0.6) is 0 Å². The molecule has 0 bridgehead atoms. The van der Waals surface area contributed by atoms with Gasteiger partial charge in [-0.2, -0.15) is 5.10 Å². The van der Waals surface area contributed by atoms with E-state index in [2.05, 4.69) is 5.10 Å². The van der Waals surface area contributed by atoms with Crippen LogP contribution in [0.15, 0.2) is 6.07 Å². The predicted octanol–water partition coefficient (Wildman–Crippen LogP) is -0.454. The highest BCUT2D eigenvalue weighted by Gasteiger charge is 2.38. The summed E-state index contributed by atoms with van der Waals surface area (Å²) in [7, 11) is 0. The Morgan fingerprint density at radius 2 is 2.16 bits per heavy atom. The molecule has 19 heavy (non-hydrogen) atoms. The summed E-state index contributed by atoms with van der Waals surface area (Å²) in [5, 5.41) is 22.7. The van der Waals surface area contributed by atoms with Gasteiger partial charge in [0.1, 0.15) is 12.6 Å². The second kappa shape index (κ2) is 5.00. The molecule has 0 saturated carbocycles. The molecular formula is C12H17N3O4. The molecule has 0 radical (unpaired) electrons. The average molecular weight is 267 g/mol. The Kier molecular flexibility index (Phi) is 3.57. The Hall–Kier alpha value is -1.89. The number of aliphatic carboxylic acids is 1. The number of aromatic nitrogens is 2. The second-order valence-electron chi connectivity index (χ2n) is 4.87. The summed E-state index contributed by atoms with van der Waals surface area (Å²) in [4.78, 5) is 24.4. The minimum atomic E-state index is -1.08. The molecule has 2 rings (SSSR count). The van der Waals surface area contributed by atoms with Crippen LogP contribution >= 0.6 is 0 Å². The van der Waals surface area contributed by atoms with Crippen LogP contribution < -0.4 is 0 Å². The number of hydrogen-bond acceptors (Lipinski definition) is 4. The fourth-order valence-electron chi connectivity index (χ4n) is 2.38. The number of aliphatic hydroxyl groups is 1. The summed E-state index contributed by atoms with van der Waals surface area (Å²) in [5.74, 6) is -1.42. The molecule has 104 valence electrons. The quantitative estimate of drug-likeness (QED) is 0.773. The van der Waals surface area contributed by atoms with Crippen molar-refractivity contribution in [3.8, 4) is 0 Å². The molecule has 1 fully saturated rings. The van der Waals surface area contributed by atoms with Crippen LogP contribution in [0.4, 0.5) is 0 Å². The summed E-state index contributed by atoms with van der Waals surface area (Å²) in [6, 6.07) is 0.903. The van der Waals surface area contributed by atoms with Crippen molar-refractivity contribution in [2.24, 2.45) is 0 Å². The third-order valence-corrected chi connectivity index (χ3v) is 3.27. The number of carbonyl (C=O) groups excluding carboxylic acids is 1. The van der Waals surface area contributed by atoms with E-state index in [1.807, 2.05) is 19.9 Å². The third kappa shape index (κ3) is 2.76. The van der Waals surface area contributed by atoms with Gasteiger partial charge in [0.25, 0.3) is 0 Å². The summed E-state index contributed by atoms with van der Waals surface area (Å²) < 4.78 is 1.54. The maximum atomic E-state index is 12.1. The second-order valence-corrected chi connectivity index (χ2v) is 4.87. The molecular weight excluding hydrogens is 250 g/mol. The van der Waals surface area contributed by atoms with E-state index in [9.17, 15) is 14.7 Å². The van der Waals surface area contributed by atoms with Gasteiger partial charge in [0.15, 0.2) is 0 Å². The first-order valence-corrected chi connectivity index (χ1v) is 6.10. The monoisotopic (exact) mass is 267 g/mol. The van der Waals surface area contributed by atoms with Crippen molar-refractivity contribution in [1.29, 1.82) is 0 Å². The molecule has 1 aliphatic heterocycles. The lowest BCUT2D eigenvalue weighted by molar-refractivity contribution is -0.148. The number of β-amino-alcohol motifs (C(OH)–C–C–N with tert-alkyl or cyclic N) is 1. The minimum absolute atomic E-state index is 0.00380. The Bertz CT molecular complexity index is 511. The van der Waals surface area contributed by atoms with Crippen molar-refractivity contribution in [2.45, 2.75) is 39.0 Å². The van der Waals surface area contributed by atoms with Crippen molar-refractivity contribution in [3.05, 3.63) is 17.5 Å². The van der Waals surface area contributed by atoms with Gasteiger partial charge in [-0.1, -0.05) is 0 Å². The van der Waals surface area contributed by atoms with Crippen LogP contribution in [-0.2, 0) is 16.1 Å². The van der Waals surface area contributed by atoms with Crippen LogP contribution in [0, 0.1) is 13.8 Å². The standard InChI is InChI=1S/C12H17N3O4/c1-7-3-8(2)15(13-7)6-11(17)14-5-9(16)4-10(14)12(18)19/h3,9-10,16H,4-6H2,1-2H3,(H,18,19). The first-order chi connectivity index (χ1) is 8.88. The zero-order chi connectivity index (χ0) is 14.2. The smallest absolute Gasteiger partial charge is 0.326 e. The number of aryl methyl sites for hydroxylation is 2. The molecule has 0 aromatic carbocycles. The van der Waals surface area contributed by atoms with Crippen LogP contribution in [0.25, 0.3) is 0 Å². The average Bonchev–Trinajstić information content (AvgIpc) is 2.83. The number of carbonyl (C=O) groups is 2. The van der Waals surface area contributed by atoms with E-state index >= 15 is 0 Å². The molecule has 2 N–H and O–H groups in total. The number of carboxylic acids is 1. The van der Waals surface area contributed by atoms with E-state index in [0.717, 1.165) is 11.4 Å². The normalized spacial score (nSPS) is 22.8. The zero-order valence-corrected chi connectivity index (χ0v) is 10.9. The maximum absolute atomic E-state index is 12.1. The van der Waals surface area contributed by atoms with Crippen LogP contribution in [0.2, 0.25) is 0 Å². The van der Waals surface area contributed by atoms with Gasteiger partial charge >= 0.3 is 5.97 Å². The number of nitrogens with zero attached hydrogens (tertiary/aromatic N) is 3. The first-order valence-electron chi connectivity index (χ1n) is 6.10. The topological polar surface area (TPSA) is 95.7 Å². The Morgan fingerprint density at radius 3 is 2.68 bits per heavy atom. The van der Waals surface area contributed by atoms with Gasteiger partial charge in [0.2, 0.25) is 5.91 Å². The predicted molar refractivity (Wildman–Crippen MR) is 65.5 cm³/mol. The molecule has 2 unspecified atom stereocenters. The van der Waals surface area contributed by atoms with Crippen LogP contribution in [0.1, 0.15) is 17.8 Å². The van der Waals surface area contributed by atoms with Gasteiger partial charge in [-0.25, -0.2) is 4.79 Å². The Morgan fingerprint density at radius 1 is 1.47 bits per heavy atom. The largest absolute Gasteiger partial charge is 0.480 e. The number of amides is 1. The lowest BCUT2D eigenvalue weighted by Crippen LogP contribution is -2.42. The van der Waals surface area contributed by atoms with Crippen molar-refractivity contribution in [3.63, 3.8) is 0 Å². The molecule has 1 aliphatic rings. The maximum Gasteiger partial charge on any atom is 0.326 e. The third-order valence-electron chi connectivity index (χ3n) is 3.27. The van der Waals surface area contributed by atoms with Gasteiger partial charge in [0, 0.05) is 18.7 Å². The highest BCUT2D eigenvalue weighted by atomic mass is 16.4. The van der Waals surface area contributed by atoms with Gasteiger partial charge < -0.3 is 15.1 Å². The SMILES string of the molecule is Cc1cc(C)n(CC(=O)N2CC(O)CC2C(=O)O)n1. The van der Waals surface area contributed by atoms with E-state index in [-0.39, 0.29) is 25.4 Å². The van der Waals surface area contributed by atoms with Crippen molar-refractivity contribution >= 4 is 11.9 Å². The highest BCUT2D eigenvalue weighted by Crippen LogP contribution is 2.19. The van der Waals surface area contributed by atoms with Gasteiger partial charge in [-0.05, 0) is 19.9 Å². The van der Waals surface area contributed by atoms with E-state index < -0.39 is 18.1 Å². The molecule has 1 saturated heterocycles. The first kappa shape index (κ1) is 13.5. The molecule has 0 aliphatic carbocycles. The fourth-order valence-corrected chi connectivity index (χ4v) is 2.38. The van der Waals surface area contributed by atoms with E-state index in [1.165, 1.54) is 4.90 Å². The molecule has 2 heterocycles. The summed E-state index contributed by atoms with van der Waals surface area (Å²) in [5.41, 5.74) is 1.65. The molecule has 1 amide bonds. The molecule has 0 spiro atoms. The Labute approximate surface area is 110 Å². The highest BCUT2D eigenvalue weighted by molar-refractivity contribution is 5.84. The number of rotatable bonds is 3. The fraction of sp³-hybridized carbons (Fsp3) is 0.583. The summed E-state index contributed by atoms with van der Waals surface area (Å²) in [6.07, 6.45) is -0.691. The lowest BCUT2D eigenvalue weighted by Gasteiger charge is -2.21. The van der Waals surface area contributed by atoms with Crippen LogP contribution in [0.3, 0.4) is 0 Å². The zero-order valence-electron chi connectivity index (χ0n) is 10.9. The van der Waals surface area contributed by atoms with Crippen molar-refractivity contribution in [2.75, 3.05) is 6.54 Å². The minimum Gasteiger partial charge on any atom is -0.480 e.